The van der Waals surface area contributed by atoms with Crippen LogP contribution in [-0.4, -0.2) is 24.9 Å². The normalized spacial score (nSPS) is 10.3. The van der Waals surface area contributed by atoms with E-state index in [4.69, 9.17) is 0 Å². The van der Waals surface area contributed by atoms with Crippen LogP contribution in [0.2, 0.25) is 0 Å². The third-order valence-corrected chi connectivity index (χ3v) is 4.85. The molecule has 29 heavy (non-hydrogen) atoms. The van der Waals surface area contributed by atoms with Crippen LogP contribution in [-0.2, 0) is 4.79 Å². The molecule has 0 heterocycles. The Balaban J connectivity index is 1.64. The van der Waals surface area contributed by atoms with Gasteiger partial charge in [-0.3, -0.25) is 9.59 Å². The van der Waals surface area contributed by atoms with Gasteiger partial charge in [-0.15, -0.1) is 0 Å². The predicted octanol–water partition coefficient (Wildman–Crippen LogP) is 5.17. The molecule has 0 saturated heterocycles. The number of anilines is 3. The summed E-state index contributed by atoms with van der Waals surface area (Å²) >= 11 is 3.38. The topological polar surface area (TPSA) is 61.4 Å². The Morgan fingerprint density at radius 1 is 0.897 bits per heavy atom. The Morgan fingerprint density at radius 3 is 2.31 bits per heavy atom. The average Bonchev–Trinajstić information content (AvgIpc) is 2.75. The maximum Gasteiger partial charge on any atom is 0.258 e. The molecule has 0 unspecified atom stereocenters. The number of halogens is 1. The summed E-state index contributed by atoms with van der Waals surface area (Å²) in [6.07, 6.45) is 0. The van der Waals surface area contributed by atoms with E-state index >= 15 is 0 Å². The predicted molar refractivity (Wildman–Crippen MR) is 121 cm³/mol. The van der Waals surface area contributed by atoms with Gasteiger partial charge < -0.3 is 15.5 Å². The van der Waals surface area contributed by atoms with Crippen LogP contribution in [0.15, 0.2) is 83.3 Å². The zero-order valence-electron chi connectivity index (χ0n) is 16.1. The monoisotopic (exact) mass is 451 g/mol. The van der Waals surface area contributed by atoms with Gasteiger partial charge in [-0.2, -0.15) is 0 Å². The van der Waals surface area contributed by atoms with Crippen molar-refractivity contribution in [1.29, 1.82) is 0 Å². The van der Waals surface area contributed by atoms with Gasteiger partial charge in [0.15, 0.2) is 0 Å². The van der Waals surface area contributed by atoms with Crippen molar-refractivity contribution in [3.8, 4) is 0 Å². The number of para-hydroxylation sites is 1. The second kappa shape index (κ2) is 9.89. The first kappa shape index (κ1) is 20.6. The molecule has 5 nitrogen and oxygen atoms in total. The maximum absolute atomic E-state index is 12.9. The van der Waals surface area contributed by atoms with E-state index in [1.165, 1.54) is 0 Å². The van der Waals surface area contributed by atoms with Crippen molar-refractivity contribution in [3.05, 3.63) is 88.9 Å². The lowest BCUT2D eigenvalue weighted by molar-refractivity contribution is -0.114. The molecule has 0 aromatic heterocycles. The van der Waals surface area contributed by atoms with Crippen molar-refractivity contribution in [2.45, 2.75) is 6.92 Å². The molecule has 0 aliphatic carbocycles. The molecule has 0 aliphatic heterocycles. The number of hydrogen-bond acceptors (Lipinski definition) is 3. The SMILES string of the molecule is CCN(C(=O)c1cccc(NC(=O)CNc2ccc(Br)cc2)c1)c1ccccc1. The highest BCUT2D eigenvalue weighted by Crippen LogP contribution is 2.19. The van der Waals surface area contributed by atoms with Crippen LogP contribution < -0.4 is 15.5 Å². The summed E-state index contributed by atoms with van der Waals surface area (Å²) in [5, 5.41) is 5.90. The Morgan fingerprint density at radius 2 is 1.62 bits per heavy atom. The fraction of sp³-hybridized carbons (Fsp3) is 0.130. The Labute approximate surface area is 178 Å². The van der Waals surface area contributed by atoms with Crippen molar-refractivity contribution in [2.24, 2.45) is 0 Å². The second-order valence-electron chi connectivity index (χ2n) is 6.37. The first-order valence-electron chi connectivity index (χ1n) is 9.33. The minimum atomic E-state index is -0.187. The van der Waals surface area contributed by atoms with Crippen LogP contribution >= 0.6 is 15.9 Å². The van der Waals surface area contributed by atoms with Gasteiger partial charge in [-0.25, -0.2) is 0 Å². The van der Waals surface area contributed by atoms with Gasteiger partial charge in [0.2, 0.25) is 5.91 Å². The van der Waals surface area contributed by atoms with Crippen molar-refractivity contribution in [1.82, 2.24) is 0 Å². The summed E-state index contributed by atoms with van der Waals surface area (Å²) in [5.74, 6) is -0.296. The molecule has 0 fully saturated rings. The van der Waals surface area contributed by atoms with E-state index < -0.39 is 0 Å². The van der Waals surface area contributed by atoms with E-state index in [1.807, 2.05) is 61.5 Å². The van der Waals surface area contributed by atoms with Gasteiger partial charge >= 0.3 is 0 Å². The van der Waals surface area contributed by atoms with E-state index in [1.54, 1.807) is 29.2 Å². The fourth-order valence-corrected chi connectivity index (χ4v) is 3.16. The molecule has 6 heteroatoms. The molecule has 0 spiro atoms. The van der Waals surface area contributed by atoms with Crippen LogP contribution in [0.25, 0.3) is 0 Å². The molecule has 3 rings (SSSR count). The van der Waals surface area contributed by atoms with Crippen molar-refractivity contribution < 1.29 is 9.59 Å². The molecule has 0 atom stereocenters. The van der Waals surface area contributed by atoms with Crippen LogP contribution in [0, 0.1) is 0 Å². The van der Waals surface area contributed by atoms with E-state index in [0.29, 0.717) is 17.8 Å². The number of carbonyl (C=O) groups is 2. The van der Waals surface area contributed by atoms with Gasteiger partial charge in [0.1, 0.15) is 0 Å². The minimum Gasteiger partial charge on any atom is -0.376 e. The molecule has 3 aromatic carbocycles. The number of nitrogens with zero attached hydrogens (tertiary/aromatic N) is 1. The van der Waals surface area contributed by atoms with Crippen LogP contribution in [0.3, 0.4) is 0 Å². The van der Waals surface area contributed by atoms with Gasteiger partial charge in [0.25, 0.3) is 5.91 Å². The lowest BCUT2D eigenvalue weighted by atomic mass is 10.1. The van der Waals surface area contributed by atoms with Crippen molar-refractivity contribution in [2.75, 3.05) is 28.6 Å². The molecule has 148 valence electrons. The summed E-state index contributed by atoms with van der Waals surface area (Å²) in [5.41, 5.74) is 2.80. The largest absolute Gasteiger partial charge is 0.376 e. The minimum absolute atomic E-state index is 0.109. The fourth-order valence-electron chi connectivity index (χ4n) is 2.89. The maximum atomic E-state index is 12.9. The Kier molecular flexibility index (Phi) is 7.03. The number of benzene rings is 3. The first-order valence-corrected chi connectivity index (χ1v) is 10.1. The molecule has 2 amide bonds. The quantitative estimate of drug-likeness (QED) is 0.520. The van der Waals surface area contributed by atoms with E-state index in [-0.39, 0.29) is 18.4 Å². The van der Waals surface area contributed by atoms with Gasteiger partial charge in [-0.05, 0) is 61.5 Å². The lowest BCUT2D eigenvalue weighted by Gasteiger charge is -2.21. The standard InChI is InChI=1S/C23H22BrN3O2/c1-2-27(21-9-4-3-5-10-21)23(29)17-7-6-8-20(15-17)26-22(28)16-25-19-13-11-18(24)12-14-19/h3-15,25H,2,16H2,1H3,(H,26,28). The van der Waals surface area contributed by atoms with Gasteiger partial charge in [0.05, 0.1) is 6.54 Å². The lowest BCUT2D eigenvalue weighted by Crippen LogP contribution is -2.30. The highest BCUT2D eigenvalue weighted by Gasteiger charge is 2.16. The Bertz CT molecular complexity index is 975. The highest BCUT2D eigenvalue weighted by molar-refractivity contribution is 9.10. The zero-order valence-corrected chi connectivity index (χ0v) is 17.6. The van der Waals surface area contributed by atoms with E-state index in [9.17, 15) is 9.59 Å². The number of carbonyl (C=O) groups excluding carboxylic acids is 2. The summed E-state index contributed by atoms with van der Waals surface area (Å²) in [6.45, 7) is 2.62. The Hall–Kier alpha value is -3.12. The smallest absolute Gasteiger partial charge is 0.258 e. The third kappa shape index (κ3) is 5.68. The molecule has 0 bridgehead atoms. The summed E-state index contributed by atoms with van der Waals surface area (Å²) in [7, 11) is 0. The number of amides is 2. The number of nitrogens with one attached hydrogen (secondary N) is 2. The molecular formula is C23H22BrN3O2. The van der Waals surface area contributed by atoms with Crippen LogP contribution in [0.1, 0.15) is 17.3 Å². The molecule has 3 aromatic rings. The van der Waals surface area contributed by atoms with Crippen molar-refractivity contribution >= 4 is 44.8 Å². The molecular weight excluding hydrogens is 430 g/mol. The van der Waals surface area contributed by atoms with Gasteiger partial charge in [-0.1, -0.05) is 40.2 Å². The van der Waals surface area contributed by atoms with E-state index in [0.717, 1.165) is 15.8 Å². The van der Waals surface area contributed by atoms with Crippen molar-refractivity contribution in [3.63, 3.8) is 0 Å². The summed E-state index contributed by atoms with van der Waals surface area (Å²) in [6, 6.07) is 24.1. The van der Waals surface area contributed by atoms with Gasteiger partial charge in [0, 0.05) is 33.6 Å². The molecule has 2 N–H and O–H groups in total. The molecule has 0 radical (unpaired) electrons. The third-order valence-electron chi connectivity index (χ3n) is 4.32. The molecule has 0 aliphatic rings. The second-order valence-corrected chi connectivity index (χ2v) is 7.29. The number of hydrogen-bond donors (Lipinski definition) is 2. The summed E-state index contributed by atoms with van der Waals surface area (Å²) in [4.78, 5) is 26.9. The molecule has 0 saturated carbocycles. The summed E-state index contributed by atoms with van der Waals surface area (Å²) < 4.78 is 0.977. The van der Waals surface area contributed by atoms with Crippen LogP contribution in [0.4, 0.5) is 17.1 Å². The van der Waals surface area contributed by atoms with E-state index in [2.05, 4.69) is 26.6 Å². The first-order chi connectivity index (χ1) is 14.1. The zero-order chi connectivity index (χ0) is 20.6. The van der Waals surface area contributed by atoms with Crippen LogP contribution in [0.5, 0.6) is 0 Å². The highest BCUT2D eigenvalue weighted by atomic mass is 79.9. The number of rotatable bonds is 7. The average molecular weight is 452 g/mol.